The van der Waals surface area contributed by atoms with E-state index in [0.717, 1.165) is 5.56 Å². The number of methoxy groups -OCH3 is 1. The number of benzene rings is 1. The molecule has 18 heavy (non-hydrogen) atoms. The minimum atomic E-state index is -0.537. The van der Waals surface area contributed by atoms with Crippen LogP contribution < -0.4 is 4.74 Å². The molecule has 1 aromatic carbocycles. The zero-order chi connectivity index (χ0) is 13.3. The summed E-state index contributed by atoms with van der Waals surface area (Å²) in [5.41, 5.74) is 1.13. The first-order valence-corrected chi connectivity index (χ1v) is 6.44. The molecule has 0 aliphatic heterocycles. The first-order chi connectivity index (χ1) is 8.58. The second kappa shape index (κ2) is 5.07. The van der Waals surface area contributed by atoms with Gasteiger partial charge in [-0.2, -0.15) is 0 Å². The second-order valence-electron chi connectivity index (χ2n) is 3.54. The van der Waals surface area contributed by atoms with Crippen LogP contribution in [0.4, 0.5) is 5.69 Å². The van der Waals surface area contributed by atoms with Gasteiger partial charge in [-0.3, -0.25) is 15.1 Å². The van der Waals surface area contributed by atoms with E-state index in [-0.39, 0.29) is 16.5 Å². The van der Waals surface area contributed by atoms with Crippen molar-refractivity contribution in [3.63, 3.8) is 0 Å². The minimum Gasteiger partial charge on any atom is -0.489 e. The lowest BCUT2D eigenvalue weighted by Crippen LogP contribution is -1.97. The van der Waals surface area contributed by atoms with Gasteiger partial charge < -0.3 is 4.74 Å². The van der Waals surface area contributed by atoms with Crippen molar-refractivity contribution in [2.45, 2.75) is 5.33 Å². The summed E-state index contributed by atoms with van der Waals surface area (Å²) in [6, 6.07) is 3.11. The lowest BCUT2D eigenvalue weighted by atomic mass is 10.1. The van der Waals surface area contributed by atoms with Crippen molar-refractivity contribution >= 4 is 44.1 Å². The van der Waals surface area contributed by atoms with Gasteiger partial charge in [0.2, 0.25) is 5.75 Å². The van der Waals surface area contributed by atoms with Gasteiger partial charge in [0.05, 0.1) is 17.1 Å². The lowest BCUT2D eigenvalue weighted by molar-refractivity contribution is -0.385. The average Bonchev–Trinajstić information content (AvgIpc) is 2.38. The molecule has 0 saturated carbocycles. The molecule has 7 heteroatoms. The van der Waals surface area contributed by atoms with Crippen molar-refractivity contribution < 1.29 is 9.66 Å². The number of halogens is 2. The van der Waals surface area contributed by atoms with E-state index in [2.05, 4.69) is 20.9 Å². The summed E-state index contributed by atoms with van der Waals surface area (Å²) < 4.78 is 5.07. The van der Waals surface area contributed by atoms with Crippen molar-refractivity contribution in [3.05, 3.63) is 39.0 Å². The molecule has 0 amide bonds. The van der Waals surface area contributed by atoms with Gasteiger partial charge in [0.15, 0.2) is 0 Å². The Morgan fingerprint density at radius 2 is 2.28 bits per heavy atom. The number of nitro benzene ring substituents is 1. The number of nitro groups is 1. The van der Waals surface area contributed by atoms with Gasteiger partial charge in [-0.05, 0) is 11.6 Å². The van der Waals surface area contributed by atoms with Gasteiger partial charge in [-0.1, -0.05) is 27.5 Å². The van der Waals surface area contributed by atoms with Gasteiger partial charge in [0, 0.05) is 23.0 Å². The summed E-state index contributed by atoms with van der Waals surface area (Å²) in [4.78, 5) is 14.6. The standard InChI is InChI=1S/C11H8BrClN2O3/c1-18-11-9(15(16)17)3-8(13)7-2-6(4-12)5-14-10(7)11/h2-3,5H,4H2,1H3. The molecule has 0 bridgehead atoms. The summed E-state index contributed by atoms with van der Waals surface area (Å²) in [7, 11) is 1.37. The average molecular weight is 332 g/mol. The monoisotopic (exact) mass is 330 g/mol. The molecular formula is C11H8BrClN2O3. The fraction of sp³-hybridized carbons (Fsp3) is 0.182. The molecule has 1 aromatic heterocycles. The molecule has 0 fully saturated rings. The minimum absolute atomic E-state index is 0.125. The van der Waals surface area contributed by atoms with Crippen LogP contribution in [0.3, 0.4) is 0 Å². The largest absolute Gasteiger partial charge is 0.489 e. The third-order valence-corrected chi connectivity index (χ3v) is 3.43. The van der Waals surface area contributed by atoms with E-state index in [4.69, 9.17) is 16.3 Å². The number of aromatic nitrogens is 1. The van der Waals surface area contributed by atoms with Crippen molar-refractivity contribution in [2.24, 2.45) is 0 Å². The van der Waals surface area contributed by atoms with E-state index >= 15 is 0 Å². The van der Waals surface area contributed by atoms with Crippen molar-refractivity contribution in [1.82, 2.24) is 4.98 Å². The Morgan fingerprint density at radius 3 is 2.83 bits per heavy atom. The molecule has 1 heterocycles. The van der Waals surface area contributed by atoms with E-state index in [1.54, 1.807) is 6.20 Å². The summed E-state index contributed by atoms with van der Waals surface area (Å²) in [6.45, 7) is 0. The van der Waals surface area contributed by atoms with Gasteiger partial charge in [0.25, 0.3) is 0 Å². The van der Waals surface area contributed by atoms with Gasteiger partial charge >= 0.3 is 5.69 Å². The quantitative estimate of drug-likeness (QED) is 0.488. The Kier molecular flexibility index (Phi) is 3.68. The van der Waals surface area contributed by atoms with Gasteiger partial charge in [-0.15, -0.1) is 0 Å². The van der Waals surface area contributed by atoms with E-state index < -0.39 is 4.92 Å². The fourth-order valence-corrected chi connectivity index (χ4v) is 2.22. The molecule has 0 N–H and O–H groups in total. The zero-order valence-electron chi connectivity index (χ0n) is 9.31. The summed E-state index contributed by atoms with van der Waals surface area (Å²) in [5.74, 6) is 0.125. The van der Waals surface area contributed by atoms with Crippen LogP contribution in [0.2, 0.25) is 5.02 Å². The number of ether oxygens (including phenoxy) is 1. The molecule has 2 aromatic rings. The second-order valence-corrected chi connectivity index (χ2v) is 4.51. The van der Waals surface area contributed by atoms with Crippen LogP contribution in [-0.4, -0.2) is 17.0 Å². The molecule has 0 saturated heterocycles. The molecule has 94 valence electrons. The van der Waals surface area contributed by atoms with Crippen LogP contribution in [0.1, 0.15) is 5.56 Å². The number of hydrogen-bond donors (Lipinski definition) is 0. The Morgan fingerprint density at radius 1 is 1.56 bits per heavy atom. The molecule has 0 spiro atoms. The first kappa shape index (κ1) is 13.0. The van der Waals surface area contributed by atoms with Crippen LogP contribution in [0.25, 0.3) is 10.9 Å². The van der Waals surface area contributed by atoms with Crippen molar-refractivity contribution in [2.75, 3.05) is 7.11 Å². The Labute approximate surface area is 116 Å². The van der Waals surface area contributed by atoms with Crippen LogP contribution >= 0.6 is 27.5 Å². The summed E-state index contributed by atoms with van der Waals surface area (Å²) in [6.07, 6.45) is 1.62. The van der Waals surface area contributed by atoms with E-state index in [0.29, 0.717) is 16.2 Å². The zero-order valence-corrected chi connectivity index (χ0v) is 11.7. The Bertz CT molecular complexity index is 633. The van der Waals surface area contributed by atoms with Crippen molar-refractivity contribution in [1.29, 1.82) is 0 Å². The fourth-order valence-electron chi connectivity index (χ4n) is 1.67. The molecule has 0 atom stereocenters. The third-order valence-electron chi connectivity index (χ3n) is 2.47. The van der Waals surface area contributed by atoms with E-state index in [1.807, 2.05) is 6.07 Å². The highest BCUT2D eigenvalue weighted by atomic mass is 79.9. The van der Waals surface area contributed by atoms with Gasteiger partial charge in [-0.25, -0.2) is 0 Å². The summed E-state index contributed by atoms with van der Waals surface area (Å²) >= 11 is 9.37. The topological polar surface area (TPSA) is 65.3 Å². The maximum absolute atomic E-state index is 10.9. The molecule has 0 radical (unpaired) electrons. The van der Waals surface area contributed by atoms with Crippen LogP contribution in [0, 0.1) is 10.1 Å². The lowest BCUT2D eigenvalue weighted by Gasteiger charge is -2.08. The summed E-state index contributed by atoms with van der Waals surface area (Å²) in [5, 5.41) is 12.5. The predicted molar refractivity (Wildman–Crippen MR) is 72.6 cm³/mol. The predicted octanol–water partition coefficient (Wildman–Crippen LogP) is 3.70. The number of rotatable bonds is 3. The molecule has 0 aliphatic carbocycles. The maximum atomic E-state index is 10.9. The van der Waals surface area contributed by atoms with Crippen LogP contribution in [0.15, 0.2) is 18.3 Å². The maximum Gasteiger partial charge on any atom is 0.314 e. The number of hydrogen-bond acceptors (Lipinski definition) is 4. The Hall–Kier alpha value is -1.40. The number of pyridine rings is 1. The van der Waals surface area contributed by atoms with Gasteiger partial charge in [0.1, 0.15) is 5.52 Å². The number of fused-ring (bicyclic) bond motifs is 1. The molecule has 2 rings (SSSR count). The van der Waals surface area contributed by atoms with Crippen molar-refractivity contribution in [3.8, 4) is 5.75 Å². The molecule has 0 aliphatic rings. The Balaban J connectivity index is 2.84. The molecule has 5 nitrogen and oxygen atoms in total. The first-order valence-electron chi connectivity index (χ1n) is 4.94. The molecular weight excluding hydrogens is 323 g/mol. The van der Waals surface area contributed by atoms with Crippen LogP contribution in [-0.2, 0) is 5.33 Å². The highest BCUT2D eigenvalue weighted by molar-refractivity contribution is 9.08. The highest BCUT2D eigenvalue weighted by Crippen LogP contribution is 2.38. The third kappa shape index (κ3) is 2.13. The number of nitrogens with zero attached hydrogens (tertiary/aromatic N) is 2. The molecule has 0 unspecified atom stereocenters. The van der Waals surface area contributed by atoms with E-state index in [9.17, 15) is 10.1 Å². The SMILES string of the molecule is COc1c([N+](=O)[O-])cc(Cl)c2cc(CBr)cnc12. The number of alkyl halides is 1. The van der Waals surface area contributed by atoms with E-state index in [1.165, 1.54) is 13.2 Å². The highest BCUT2D eigenvalue weighted by Gasteiger charge is 2.21. The smallest absolute Gasteiger partial charge is 0.314 e. The van der Waals surface area contributed by atoms with Crippen LogP contribution in [0.5, 0.6) is 5.75 Å². The normalized spacial score (nSPS) is 10.6.